The van der Waals surface area contributed by atoms with Gasteiger partial charge in [-0.15, -0.1) is 5.10 Å². The van der Waals surface area contributed by atoms with Crippen LogP contribution in [0.1, 0.15) is 25.3 Å². The monoisotopic (exact) mass is 420 g/mol. The van der Waals surface area contributed by atoms with E-state index in [2.05, 4.69) is 17.3 Å². The standard InChI is InChI=1S/C24H25FN4O2/c1-2-17-5-9-20(10-6-17)26-24(31)18-4-3-15-28(16-18)22-13-14-23(30)29(27-22)21-11-7-19(25)8-12-21/h5-14,18H,2-4,15-16H2,1H3,(H,26,31). The highest BCUT2D eigenvalue weighted by molar-refractivity contribution is 5.93. The van der Waals surface area contributed by atoms with Gasteiger partial charge in [0.2, 0.25) is 5.91 Å². The Balaban J connectivity index is 1.49. The molecule has 1 fully saturated rings. The molecule has 0 radical (unpaired) electrons. The van der Waals surface area contributed by atoms with E-state index in [1.807, 2.05) is 29.2 Å². The molecule has 1 unspecified atom stereocenters. The molecule has 1 aliphatic rings. The van der Waals surface area contributed by atoms with Crippen molar-refractivity contribution in [2.45, 2.75) is 26.2 Å². The van der Waals surface area contributed by atoms with Crippen LogP contribution in [0.2, 0.25) is 0 Å². The van der Waals surface area contributed by atoms with Gasteiger partial charge >= 0.3 is 0 Å². The number of carbonyl (C=O) groups is 1. The molecule has 6 nitrogen and oxygen atoms in total. The zero-order valence-electron chi connectivity index (χ0n) is 17.4. The van der Waals surface area contributed by atoms with Crippen molar-refractivity contribution in [3.8, 4) is 5.69 Å². The molecular formula is C24H25FN4O2. The van der Waals surface area contributed by atoms with E-state index in [0.29, 0.717) is 18.1 Å². The van der Waals surface area contributed by atoms with Gasteiger partial charge in [-0.3, -0.25) is 9.59 Å². The fourth-order valence-corrected chi connectivity index (χ4v) is 3.80. The molecule has 0 saturated carbocycles. The Hall–Kier alpha value is -3.48. The van der Waals surface area contributed by atoms with Crippen LogP contribution < -0.4 is 15.8 Å². The van der Waals surface area contributed by atoms with Gasteiger partial charge in [0.05, 0.1) is 11.6 Å². The first-order valence-corrected chi connectivity index (χ1v) is 10.5. The summed E-state index contributed by atoms with van der Waals surface area (Å²) in [7, 11) is 0. The van der Waals surface area contributed by atoms with E-state index < -0.39 is 0 Å². The van der Waals surface area contributed by atoms with Crippen molar-refractivity contribution in [1.82, 2.24) is 9.78 Å². The third-order valence-electron chi connectivity index (χ3n) is 5.60. The van der Waals surface area contributed by atoms with Crippen LogP contribution in [0.25, 0.3) is 5.69 Å². The van der Waals surface area contributed by atoms with Crippen LogP contribution in [0.3, 0.4) is 0 Å². The summed E-state index contributed by atoms with van der Waals surface area (Å²) >= 11 is 0. The van der Waals surface area contributed by atoms with Crippen molar-refractivity contribution in [3.63, 3.8) is 0 Å². The maximum absolute atomic E-state index is 13.2. The Morgan fingerprint density at radius 1 is 1.10 bits per heavy atom. The van der Waals surface area contributed by atoms with E-state index in [4.69, 9.17) is 0 Å². The average molecular weight is 420 g/mol. The predicted octanol–water partition coefficient (Wildman–Crippen LogP) is 3.79. The van der Waals surface area contributed by atoms with Crippen LogP contribution in [0.4, 0.5) is 15.9 Å². The van der Waals surface area contributed by atoms with Crippen molar-refractivity contribution in [1.29, 1.82) is 0 Å². The number of aryl methyl sites for hydroxylation is 1. The molecule has 4 rings (SSSR count). The molecule has 2 aromatic carbocycles. The maximum Gasteiger partial charge on any atom is 0.271 e. The molecule has 0 spiro atoms. The topological polar surface area (TPSA) is 67.2 Å². The van der Waals surface area contributed by atoms with Gasteiger partial charge in [0.1, 0.15) is 11.6 Å². The third kappa shape index (κ3) is 4.82. The minimum Gasteiger partial charge on any atom is -0.354 e. The Labute approximate surface area is 180 Å². The molecule has 2 heterocycles. The van der Waals surface area contributed by atoms with E-state index in [1.54, 1.807) is 6.07 Å². The summed E-state index contributed by atoms with van der Waals surface area (Å²) in [6.45, 7) is 3.37. The second-order valence-electron chi connectivity index (χ2n) is 7.74. The van der Waals surface area contributed by atoms with E-state index in [1.165, 1.54) is 40.6 Å². The minimum atomic E-state index is -0.373. The number of hydrogen-bond donors (Lipinski definition) is 1. The molecule has 1 atom stereocenters. The van der Waals surface area contributed by atoms with Gasteiger partial charge in [-0.05, 0) is 67.3 Å². The number of piperidine rings is 1. The summed E-state index contributed by atoms with van der Waals surface area (Å²) in [4.78, 5) is 27.1. The fourth-order valence-electron chi connectivity index (χ4n) is 3.80. The van der Waals surface area contributed by atoms with E-state index in [0.717, 1.165) is 31.5 Å². The largest absolute Gasteiger partial charge is 0.354 e. The Morgan fingerprint density at radius 3 is 2.55 bits per heavy atom. The minimum absolute atomic E-state index is 0.0131. The third-order valence-corrected chi connectivity index (χ3v) is 5.60. The number of rotatable bonds is 5. The number of carbonyl (C=O) groups excluding carboxylic acids is 1. The molecule has 1 saturated heterocycles. The van der Waals surface area contributed by atoms with Gasteiger partial charge in [0, 0.05) is 24.8 Å². The van der Waals surface area contributed by atoms with E-state index >= 15 is 0 Å². The van der Waals surface area contributed by atoms with Gasteiger partial charge in [0.15, 0.2) is 0 Å². The van der Waals surface area contributed by atoms with Gasteiger partial charge in [-0.1, -0.05) is 19.1 Å². The molecule has 0 aliphatic carbocycles. The lowest BCUT2D eigenvalue weighted by Gasteiger charge is -2.33. The number of hydrogen-bond acceptors (Lipinski definition) is 4. The predicted molar refractivity (Wildman–Crippen MR) is 119 cm³/mol. The smallest absolute Gasteiger partial charge is 0.271 e. The quantitative estimate of drug-likeness (QED) is 0.682. The van der Waals surface area contributed by atoms with Gasteiger partial charge in [0.25, 0.3) is 5.56 Å². The van der Waals surface area contributed by atoms with Gasteiger partial charge in [-0.25, -0.2) is 4.39 Å². The van der Waals surface area contributed by atoms with Crippen molar-refractivity contribution >= 4 is 17.4 Å². The lowest BCUT2D eigenvalue weighted by atomic mass is 9.97. The first-order chi connectivity index (χ1) is 15.0. The Morgan fingerprint density at radius 2 is 1.84 bits per heavy atom. The highest BCUT2D eigenvalue weighted by Gasteiger charge is 2.27. The van der Waals surface area contributed by atoms with E-state index in [-0.39, 0.29) is 23.2 Å². The van der Waals surface area contributed by atoms with Crippen molar-refractivity contribution in [3.05, 3.63) is 82.4 Å². The summed E-state index contributed by atoms with van der Waals surface area (Å²) in [5, 5.41) is 7.48. The summed E-state index contributed by atoms with van der Waals surface area (Å²) < 4.78 is 14.5. The Kier molecular flexibility index (Phi) is 6.11. The molecule has 31 heavy (non-hydrogen) atoms. The summed E-state index contributed by atoms with van der Waals surface area (Å²) in [5.74, 6) is 0.0595. The first-order valence-electron chi connectivity index (χ1n) is 10.5. The van der Waals surface area contributed by atoms with Crippen LogP contribution in [-0.2, 0) is 11.2 Å². The number of benzene rings is 2. The first kappa shape index (κ1) is 20.8. The lowest BCUT2D eigenvalue weighted by molar-refractivity contribution is -0.120. The van der Waals surface area contributed by atoms with Crippen LogP contribution in [0.5, 0.6) is 0 Å². The normalized spacial score (nSPS) is 16.2. The summed E-state index contributed by atoms with van der Waals surface area (Å²) in [6.07, 6.45) is 2.61. The highest BCUT2D eigenvalue weighted by Crippen LogP contribution is 2.23. The molecule has 1 amide bonds. The number of anilines is 2. The highest BCUT2D eigenvalue weighted by atomic mass is 19.1. The number of nitrogens with zero attached hydrogens (tertiary/aromatic N) is 3. The van der Waals surface area contributed by atoms with Crippen molar-refractivity contribution < 1.29 is 9.18 Å². The van der Waals surface area contributed by atoms with Crippen molar-refractivity contribution in [2.24, 2.45) is 5.92 Å². The maximum atomic E-state index is 13.2. The SMILES string of the molecule is CCc1ccc(NC(=O)C2CCCN(c3ccc(=O)n(-c4ccc(F)cc4)n3)C2)cc1. The average Bonchev–Trinajstić information content (AvgIpc) is 2.80. The van der Waals surface area contributed by atoms with Crippen LogP contribution in [0, 0.1) is 11.7 Å². The molecule has 1 aliphatic heterocycles. The molecule has 160 valence electrons. The van der Waals surface area contributed by atoms with Crippen LogP contribution >= 0.6 is 0 Å². The van der Waals surface area contributed by atoms with Crippen LogP contribution in [0.15, 0.2) is 65.5 Å². The zero-order valence-corrected chi connectivity index (χ0v) is 17.4. The van der Waals surface area contributed by atoms with Gasteiger partial charge < -0.3 is 10.2 Å². The fraction of sp³-hybridized carbons (Fsp3) is 0.292. The lowest BCUT2D eigenvalue weighted by Crippen LogP contribution is -2.41. The summed E-state index contributed by atoms with van der Waals surface area (Å²) in [6, 6.07) is 16.6. The number of nitrogens with one attached hydrogen (secondary N) is 1. The number of amides is 1. The Bertz CT molecular complexity index is 1110. The number of aromatic nitrogens is 2. The molecule has 1 aromatic heterocycles. The molecule has 0 bridgehead atoms. The zero-order chi connectivity index (χ0) is 21.8. The van der Waals surface area contributed by atoms with E-state index in [9.17, 15) is 14.0 Å². The molecule has 7 heteroatoms. The van der Waals surface area contributed by atoms with Crippen molar-refractivity contribution in [2.75, 3.05) is 23.3 Å². The van der Waals surface area contributed by atoms with Crippen LogP contribution in [-0.4, -0.2) is 28.8 Å². The second-order valence-corrected chi connectivity index (χ2v) is 7.74. The second kappa shape index (κ2) is 9.12. The molecular weight excluding hydrogens is 395 g/mol. The summed E-state index contributed by atoms with van der Waals surface area (Å²) in [5.41, 5.74) is 2.22. The number of halogens is 1. The molecule has 3 aromatic rings. The van der Waals surface area contributed by atoms with Gasteiger partial charge in [-0.2, -0.15) is 4.68 Å². The molecule has 1 N–H and O–H groups in total.